The van der Waals surface area contributed by atoms with E-state index in [0.29, 0.717) is 11.8 Å². The molecule has 0 saturated carbocycles. The van der Waals surface area contributed by atoms with Crippen molar-refractivity contribution in [3.8, 4) is 5.75 Å². The van der Waals surface area contributed by atoms with Gasteiger partial charge in [-0.25, -0.2) is 0 Å². The third-order valence-corrected chi connectivity index (χ3v) is 3.57. The zero-order valence-corrected chi connectivity index (χ0v) is 13.6. The van der Waals surface area contributed by atoms with Gasteiger partial charge in [0.2, 0.25) is 0 Å². The fourth-order valence-corrected chi connectivity index (χ4v) is 2.24. The minimum atomic E-state index is -0.417. The number of hydrogen-bond acceptors (Lipinski definition) is 4. The highest BCUT2D eigenvalue weighted by Gasteiger charge is 2.25. The fraction of sp³-hybridized carbons (Fsp3) is 0.625. The van der Waals surface area contributed by atoms with Crippen LogP contribution in [0.2, 0.25) is 0 Å². The highest BCUT2D eigenvalue weighted by molar-refractivity contribution is 5.48. The van der Waals surface area contributed by atoms with E-state index in [4.69, 9.17) is 4.74 Å². The lowest BCUT2D eigenvalue weighted by atomic mass is 9.83. The maximum absolute atomic E-state index is 10.9. The molecule has 0 aliphatic rings. The Morgan fingerprint density at radius 1 is 1.38 bits per heavy atom. The van der Waals surface area contributed by atoms with Crippen LogP contribution >= 0.6 is 0 Å². The van der Waals surface area contributed by atoms with Crippen molar-refractivity contribution in [2.75, 3.05) is 13.7 Å². The van der Waals surface area contributed by atoms with Crippen LogP contribution in [-0.2, 0) is 6.42 Å². The zero-order valence-electron chi connectivity index (χ0n) is 13.6. The van der Waals surface area contributed by atoms with Crippen LogP contribution < -0.4 is 10.1 Å². The molecule has 0 aliphatic carbocycles. The Bertz CT molecular complexity index is 481. The Morgan fingerprint density at radius 2 is 2.05 bits per heavy atom. The van der Waals surface area contributed by atoms with Gasteiger partial charge in [0, 0.05) is 12.1 Å². The predicted octanol–water partition coefficient (Wildman–Crippen LogP) is 3.56. The molecule has 5 heteroatoms. The molecule has 0 spiro atoms. The number of nitro benzene ring substituents is 1. The summed E-state index contributed by atoms with van der Waals surface area (Å²) in [5, 5.41) is 14.5. The van der Waals surface area contributed by atoms with Crippen molar-refractivity contribution in [3.05, 3.63) is 33.9 Å². The predicted molar refractivity (Wildman–Crippen MR) is 84.9 cm³/mol. The Morgan fingerprint density at radius 3 is 2.52 bits per heavy atom. The maximum atomic E-state index is 10.9. The van der Waals surface area contributed by atoms with Crippen LogP contribution in [0.5, 0.6) is 5.75 Å². The van der Waals surface area contributed by atoms with E-state index in [2.05, 4.69) is 33.0 Å². The number of benzene rings is 1. The first-order valence-electron chi connectivity index (χ1n) is 7.34. The van der Waals surface area contributed by atoms with Crippen LogP contribution in [0.3, 0.4) is 0 Å². The van der Waals surface area contributed by atoms with Crippen molar-refractivity contribution in [1.82, 2.24) is 5.32 Å². The molecule has 0 saturated heterocycles. The fourth-order valence-electron chi connectivity index (χ4n) is 2.24. The molecule has 0 amide bonds. The van der Waals surface area contributed by atoms with E-state index in [1.807, 2.05) is 6.07 Å². The summed E-state index contributed by atoms with van der Waals surface area (Å²) >= 11 is 0. The first kappa shape index (κ1) is 17.4. The van der Waals surface area contributed by atoms with Crippen LogP contribution in [0, 0.1) is 15.5 Å². The highest BCUT2D eigenvalue weighted by atomic mass is 16.6. The first-order valence-corrected chi connectivity index (χ1v) is 7.34. The van der Waals surface area contributed by atoms with Crippen LogP contribution in [0.25, 0.3) is 0 Å². The van der Waals surface area contributed by atoms with E-state index < -0.39 is 4.92 Å². The Hall–Kier alpha value is -1.62. The van der Waals surface area contributed by atoms with Crippen molar-refractivity contribution in [3.63, 3.8) is 0 Å². The lowest BCUT2D eigenvalue weighted by molar-refractivity contribution is -0.385. The monoisotopic (exact) mass is 294 g/mol. The molecule has 0 heterocycles. The minimum absolute atomic E-state index is 0.00933. The smallest absolute Gasteiger partial charge is 0.310 e. The van der Waals surface area contributed by atoms with Crippen molar-refractivity contribution in [2.45, 2.75) is 46.6 Å². The Kier molecular flexibility index (Phi) is 6.15. The summed E-state index contributed by atoms with van der Waals surface area (Å²) < 4.78 is 5.13. The summed E-state index contributed by atoms with van der Waals surface area (Å²) in [6, 6.07) is 5.41. The van der Waals surface area contributed by atoms with Gasteiger partial charge in [-0.2, -0.15) is 0 Å². The largest absolute Gasteiger partial charge is 0.490 e. The molecular weight excluding hydrogens is 268 g/mol. The molecule has 1 aromatic rings. The van der Waals surface area contributed by atoms with Gasteiger partial charge in [-0.15, -0.1) is 0 Å². The summed E-state index contributed by atoms with van der Waals surface area (Å²) in [7, 11) is 1.46. The van der Waals surface area contributed by atoms with E-state index in [0.717, 1.165) is 24.9 Å². The van der Waals surface area contributed by atoms with E-state index in [9.17, 15) is 10.1 Å². The number of methoxy groups -OCH3 is 1. The standard InChI is InChI=1S/C16H26N2O3/c1-6-9-17-15(16(2,3)4)11-12-7-8-13(18(19)20)14(10-12)21-5/h7-8,10,15,17H,6,9,11H2,1-5H3. The van der Waals surface area contributed by atoms with Gasteiger partial charge in [-0.1, -0.05) is 33.8 Å². The lowest BCUT2D eigenvalue weighted by Gasteiger charge is -2.32. The van der Waals surface area contributed by atoms with Crippen LogP contribution in [0.4, 0.5) is 5.69 Å². The SMILES string of the molecule is CCCNC(Cc1ccc([N+](=O)[O-])c(OC)c1)C(C)(C)C. The molecule has 1 unspecified atom stereocenters. The average Bonchev–Trinajstić information content (AvgIpc) is 2.41. The second-order valence-corrected chi connectivity index (χ2v) is 6.34. The molecule has 0 aromatic heterocycles. The van der Waals surface area contributed by atoms with Crippen molar-refractivity contribution in [1.29, 1.82) is 0 Å². The maximum Gasteiger partial charge on any atom is 0.310 e. The second-order valence-electron chi connectivity index (χ2n) is 6.34. The summed E-state index contributed by atoms with van der Waals surface area (Å²) in [4.78, 5) is 10.5. The molecule has 1 N–H and O–H groups in total. The van der Waals surface area contributed by atoms with E-state index in [-0.39, 0.29) is 11.1 Å². The topological polar surface area (TPSA) is 64.4 Å². The molecule has 1 atom stereocenters. The average molecular weight is 294 g/mol. The molecule has 1 aromatic carbocycles. The van der Waals surface area contributed by atoms with Crippen molar-refractivity contribution in [2.24, 2.45) is 5.41 Å². The number of ether oxygens (including phenoxy) is 1. The van der Waals surface area contributed by atoms with Crippen molar-refractivity contribution < 1.29 is 9.66 Å². The minimum Gasteiger partial charge on any atom is -0.490 e. The normalized spacial score (nSPS) is 13.0. The summed E-state index contributed by atoms with van der Waals surface area (Å²) in [6.45, 7) is 9.70. The van der Waals surface area contributed by atoms with Gasteiger partial charge >= 0.3 is 5.69 Å². The van der Waals surface area contributed by atoms with E-state index >= 15 is 0 Å². The van der Waals surface area contributed by atoms with Gasteiger partial charge in [-0.05, 0) is 36.4 Å². The number of nitrogens with one attached hydrogen (secondary N) is 1. The lowest BCUT2D eigenvalue weighted by Crippen LogP contribution is -2.42. The molecule has 0 fully saturated rings. The van der Waals surface area contributed by atoms with Gasteiger partial charge < -0.3 is 10.1 Å². The van der Waals surface area contributed by atoms with Crippen LogP contribution in [0.15, 0.2) is 18.2 Å². The molecular formula is C16H26N2O3. The zero-order chi connectivity index (χ0) is 16.0. The van der Waals surface area contributed by atoms with Gasteiger partial charge in [0.05, 0.1) is 12.0 Å². The second kappa shape index (κ2) is 7.41. The Labute approximate surface area is 126 Å². The molecule has 0 bridgehead atoms. The highest BCUT2D eigenvalue weighted by Crippen LogP contribution is 2.30. The molecule has 118 valence electrons. The summed E-state index contributed by atoms with van der Waals surface area (Å²) in [5.74, 6) is 0.320. The third kappa shape index (κ3) is 5.01. The van der Waals surface area contributed by atoms with Crippen molar-refractivity contribution >= 4 is 5.69 Å². The van der Waals surface area contributed by atoms with Crippen LogP contribution in [-0.4, -0.2) is 24.6 Å². The van der Waals surface area contributed by atoms with Gasteiger partial charge in [0.25, 0.3) is 0 Å². The molecule has 0 radical (unpaired) electrons. The molecule has 21 heavy (non-hydrogen) atoms. The van der Waals surface area contributed by atoms with Gasteiger partial charge in [0.15, 0.2) is 5.75 Å². The van der Waals surface area contributed by atoms with E-state index in [1.165, 1.54) is 13.2 Å². The molecule has 1 rings (SSSR count). The Balaban J connectivity index is 2.96. The number of hydrogen-bond donors (Lipinski definition) is 1. The van der Waals surface area contributed by atoms with E-state index in [1.54, 1.807) is 6.07 Å². The number of rotatable bonds is 7. The quantitative estimate of drug-likeness (QED) is 0.617. The summed E-state index contributed by atoms with van der Waals surface area (Å²) in [5.41, 5.74) is 1.17. The number of nitrogens with zero attached hydrogens (tertiary/aromatic N) is 1. The van der Waals surface area contributed by atoms with Gasteiger partial charge in [0.1, 0.15) is 0 Å². The van der Waals surface area contributed by atoms with Gasteiger partial charge in [-0.3, -0.25) is 10.1 Å². The molecule has 0 aliphatic heterocycles. The number of nitro groups is 1. The first-order chi connectivity index (χ1) is 9.79. The third-order valence-electron chi connectivity index (χ3n) is 3.57. The molecule has 5 nitrogen and oxygen atoms in total. The van der Waals surface area contributed by atoms with Crippen LogP contribution in [0.1, 0.15) is 39.7 Å². The summed E-state index contributed by atoms with van der Waals surface area (Å²) in [6.07, 6.45) is 1.90.